The molecule has 1 rings (SSSR count). The van der Waals surface area contributed by atoms with E-state index >= 15 is 0 Å². The van der Waals surface area contributed by atoms with Gasteiger partial charge >= 0.3 is 0 Å². The average Bonchev–Trinajstić information content (AvgIpc) is 2.37. The molecule has 0 saturated heterocycles. The molecule has 19 heavy (non-hydrogen) atoms. The lowest BCUT2D eigenvalue weighted by atomic mass is 10.2. The predicted molar refractivity (Wildman–Crippen MR) is 73.1 cm³/mol. The maximum absolute atomic E-state index is 11.5. The molecule has 0 heterocycles. The molecule has 0 aliphatic carbocycles. The van der Waals surface area contributed by atoms with Crippen molar-refractivity contribution in [1.29, 1.82) is 0 Å². The van der Waals surface area contributed by atoms with E-state index in [2.05, 4.69) is 10.6 Å². The molecule has 2 N–H and O–H groups in total. The Morgan fingerprint density at radius 3 is 2.79 bits per heavy atom. The number of carbonyl (C=O) groups excluding carboxylic acids is 1. The quantitative estimate of drug-likeness (QED) is 0.617. The van der Waals surface area contributed by atoms with Crippen molar-refractivity contribution in [2.45, 2.75) is 26.4 Å². The Morgan fingerprint density at radius 2 is 2.21 bits per heavy atom. The maximum atomic E-state index is 11.5. The molecule has 1 atom stereocenters. The normalized spacial score (nSPS) is 11.9. The molecule has 0 aromatic heterocycles. The summed E-state index contributed by atoms with van der Waals surface area (Å²) in [6.07, 6.45) is 0. The van der Waals surface area contributed by atoms with E-state index in [1.165, 1.54) is 12.1 Å². The van der Waals surface area contributed by atoms with Gasteiger partial charge in [0.2, 0.25) is 5.91 Å². The number of benzene rings is 1. The van der Waals surface area contributed by atoms with E-state index in [9.17, 15) is 14.9 Å². The Morgan fingerprint density at radius 1 is 1.53 bits per heavy atom. The van der Waals surface area contributed by atoms with E-state index in [4.69, 9.17) is 11.6 Å². The molecule has 0 aliphatic rings. The van der Waals surface area contributed by atoms with Crippen molar-refractivity contribution in [3.63, 3.8) is 0 Å². The molecule has 0 radical (unpaired) electrons. The summed E-state index contributed by atoms with van der Waals surface area (Å²) >= 11 is 5.72. The van der Waals surface area contributed by atoms with Gasteiger partial charge in [-0.05, 0) is 25.5 Å². The second-order valence-corrected chi connectivity index (χ2v) is 4.45. The Bertz CT molecular complexity index is 479. The van der Waals surface area contributed by atoms with Crippen molar-refractivity contribution < 1.29 is 9.72 Å². The number of carbonyl (C=O) groups is 1. The first kappa shape index (κ1) is 15.4. The van der Waals surface area contributed by atoms with Gasteiger partial charge in [0.1, 0.15) is 5.02 Å². The van der Waals surface area contributed by atoms with E-state index in [0.717, 1.165) is 0 Å². The standard InChI is InChI=1S/C12H16ClN3O3/c1-3-14-12(17)8(2)15-7-9-4-5-10(13)11(6-9)16(18)19/h4-6,8,15H,3,7H2,1-2H3,(H,14,17). The Hall–Kier alpha value is -1.66. The molecule has 0 aliphatic heterocycles. The van der Waals surface area contributed by atoms with E-state index in [-0.39, 0.29) is 22.7 Å². The van der Waals surface area contributed by atoms with Gasteiger partial charge in [-0.15, -0.1) is 0 Å². The largest absolute Gasteiger partial charge is 0.355 e. The van der Waals surface area contributed by atoms with Crippen LogP contribution < -0.4 is 10.6 Å². The molecule has 0 spiro atoms. The van der Waals surface area contributed by atoms with Gasteiger partial charge in [-0.3, -0.25) is 14.9 Å². The van der Waals surface area contributed by atoms with Crippen molar-refractivity contribution in [3.05, 3.63) is 38.9 Å². The number of nitrogens with zero attached hydrogens (tertiary/aromatic N) is 1. The summed E-state index contributed by atoms with van der Waals surface area (Å²) in [4.78, 5) is 21.7. The van der Waals surface area contributed by atoms with Crippen molar-refractivity contribution >= 4 is 23.2 Å². The molecule has 7 heteroatoms. The van der Waals surface area contributed by atoms with E-state index in [0.29, 0.717) is 18.7 Å². The van der Waals surface area contributed by atoms with Crippen LogP contribution in [0.1, 0.15) is 19.4 Å². The van der Waals surface area contributed by atoms with Gasteiger partial charge in [-0.2, -0.15) is 0 Å². The zero-order chi connectivity index (χ0) is 14.4. The van der Waals surface area contributed by atoms with Crippen LogP contribution in [0.2, 0.25) is 5.02 Å². The maximum Gasteiger partial charge on any atom is 0.288 e. The molecule has 1 aromatic rings. The van der Waals surface area contributed by atoms with Crippen molar-refractivity contribution in [3.8, 4) is 0 Å². The van der Waals surface area contributed by atoms with Crippen LogP contribution in [0.15, 0.2) is 18.2 Å². The number of hydrogen-bond donors (Lipinski definition) is 2. The molecule has 0 fully saturated rings. The van der Waals surface area contributed by atoms with Gasteiger partial charge in [0.25, 0.3) is 5.69 Å². The second-order valence-electron chi connectivity index (χ2n) is 4.04. The smallest absolute Gasteiger partial charge is 0.288 e. The summed E-state index contributed by atoms with van der Waals surface area (Å²) in [5.74, 6) is -0.106. The van der Waals surface area contributed by atoms with Gasteiger partial charge in [0.15, 0.2) is 0 Å². The second kappa shape index (κ2) is 7.06. The molecular weight excluding hydrogens is 270 g/mol. The SMILES string of the molecule is CCNC(=O)C(C)NCc1ccc(Cl)c([N+](=O)[O-])c1. The predicted octanol–water partition coefficient (Wildman–Crippen LogP) is 1.86. The minimum atomic E-state index is -0.529. The lowest BCUT2D eigenvalue weighted by Crippen LogP contribution is -2.41. The number of nitro groups is 1. The fourth-order valence-electron chi connectivity index (χ4n) is 1.50. The summed E-state index contributed by atoms with van der Waals surface area (Å²) in [7, 11) is 0. The summed E-state index contributed by atoms with van der Waals surface area (Å²) in [6.45, 7) is 4.50. The lowest BCUT2D eigenvalue weighted by Gasteiger charge is -2.13. The zero-order valence-electron chi connectivity index (χ0n) is 10.8. The minimum absolute atomic E-state index is 0.102. The zero-order valence-corrected chi connectivity index (χ0v) is 11.5. The third-order valence-electron chi connectivity index (χ3n) is 2.56. The van der Waals surface area contributed by atoms with Crippen LogP contribution in [-0.2, 0) is 11.3 Å². The lowest BCUT2D eigenvalue weighted by molar-refractivity contribution is -0.384. The van der Waals surface area contributed by atoms with Crippen LogP contribution in [0.4, 0.5) is 5.69 Å². The fraction of sp³-hybridized carbons (Fsp3) is 0.417. The van der Waals surface area contributed by atoms with Crippen LogP contribution in [0.25, 0.3) is 0 Å². The van der Waals surface area contributed by atoms with Gasteiger partial charge in [0, 0.05) is 19.2 Å². The molecule has 1 unspecified atom stereocenters. The topological polar surface area (TPSA) is 84.3 Å². The Balaban J connectivity index is 2.66. The first-order valence-electron chi connectivity index (χ1n) is 5.89. The van der Waals surface area contributed by atoms with Crippen LogP contribution in [-0.4, -0.2) is 23.4 Å². The van der Waals surface area contributed by atoms with Gasteiger partial charge in [-0.25, -0.2) is 0 Å². The summed E-state index contributed by atoms with van der Waals surface area (Å²) in [5, 5.41) is 16.5. The van der Waals surface area contributed by atoms with Crippen molar-refractivity contribution in [2.75, 3.05) is 6.54 Å². The third kappa shape index (κ3) is 4.50. The van der Waals surface area contributed by atoms with Crippen LogP contribution in [0.5, 0.6) is 0 Å². The minimum Gasteiger partial charge on any atom is -0.355 e. The molecule has 6 nitrogen and oxygen atoms in total. The van der Waals surface area contributed by atoms with Gasteiger partial charge < -0.3 is 10.6 Å². The van der Waals surface area contributed by atoms with Crippen molar-refractivity contribution in [2.24, 2.45) is 0 Å². The molecule has 1 aromatic carbocycles. The van der Waals surface area contributed by atoms with Crippen molar-refractivity contribution in [1.82, 2.24) is 10.6 Å². The molecule has 0 bridgehead atoms. The van der Waals surface area contributed by atoms with Crippen LogP contribution in [0, 0.1) is 10.1 Å². The first-order valence-corrected chi connectivity index (χ1v) is 6.27. The average molecular weight is 286 g/mol. The van der Waals surface area contributed by atoms with Gasteiger partial charge in [-0.1, -0.05) is 17.7 Å². The fourth-order valence-corrected chi connectivity index (χ4v) is 1.69. The molecule has 104 valence electrons. The molecule has 0 saturated carbocycles. The van der Waals surface area contributed by atoms with E-state index < -0.39 is 4.92 Å². The highest BCUT2D eigenvalue weighted by Gasteiger charge is 2.14. The summed E-state index contributed by atoms with van der Waals surface area (Å²) in [5.41, 5.74) is 0.568. The summed E-state index contributed by atoms with van der Waals surface area (Å²) < 4.78 is 0. The highest BCUT2D eigenvalue weighted by Crippen LogP contribution is 2.24. The molecule has 1 amide bonds. The number of nitrogens with one attached hydrogen (secondary N) is 2. The van der Waals surface area contributed by atoms with Crippen LogP contribution in [0.3, 0.4) is 0 Å². The number of halogens is 1. The number of hydrogen-bond acceptors (Lipinski definition) is 4. The highest BCUT2D eigenvalue weighted by atomic mass is 35.5. The number of likely N-dealkylation sites (N-methyl/N-ethyl adjacent to an activating group) is 1. The third-order valence-corrected chi connectivity index (χ3v) is 2.88. The Kier molecular flexibility index (Phi) is 5.72. The monoisotopic (exact) mass is 285 g/mol. The number of amides is 1. The van der Waals surface area contributed by atoms with Crippen LogP contribution >= 0.6 is 11.6 Å². The van der Waals surface area contributed by atoms with E-state index in [1.54, 1.807) is 13.0 Å². The first-order chi connectivity index (χ1) is 8.95. The van der Waals surface area contributed by atoms with E-state index in [1.807, 2.05) is 6.92 Å². The number of nitro benzene ring substituents is 1. The highest BCUT2D eigenvalue weighted by molar-refractivity contribution is 6.32. The Labute approximate surface area is 116 Å². The van der Waals surface area contributed by atoms with Gasteiger partial charge in [0.05, 0.1) is 11.0 Å². The number of rotatable bonds is 6. The summed E-state index contributed by atoms with van der Waals surface area (Å²) in [6, 6.07) is 4.20. The molecular formula is C12H16ClN3O3.